The van der Waals surface area contributed by atoms with E-state index in [4.69, 9.17) is 0 Å². The first kappa shape index (κ1) is 13.7. The number of aromatic nitrogens is 3. The number of nitrogens with one attached hydrogen (secondary N) is 2. The summed E-state index contributed by atoms with van der Waals surface area (Å²) in [7, 11) is 0. The Hall–Kier alpha value is -1.39. The number of carbonyl (C=O) groups excluding carboxylic acids is 1. The zero-order valence-electron chi connectivity index (χ0n) is 11.1. The number of aryl methyl sites for hydroxylation is 1. The Morgan fingerprint density at radius 2 is 2.12 bits per heavy atom. The Morgan fingerprint density at radius 3 is 2.65 bits per heavy atom. The van der Waals surface area contributed by atoms with Gasteiger partial charge in [-0.25, -0.2) is 4.98 Å². The summed E-state index contributed by atoms with van der Waals surface area (Å²) in [6, 6.07) is 0.177. The Bertz CT molecular complexity index is 359. The van der Waals surface area contributed by atoms with E-state index in [1.165, 1.54) is 0 Å². The third kappa shape index (κ3) is 3.84. The molecule has 0 saturated heterocycles. The molecule has 1 aromatic heterocycles. The van der Waals surface area contributed by atoms with Gasteiger partial charge in [0.15, 0.2) is 0 Å². The number of carbonyl (C=O) groups is 1. The molecule has 0 aliphatic heterocycles. The maximum Gasteiger partial charge on any atom is 0.291 e. The van der Waals surface area contributed by atoms with Crippen LogP contribution in [0.5, 0.6) is 0 Å². The van der Waals surface area contributed by atoms with Gasteiger partial charge in [0.2, 0.25) is 5.82 Å². The fourth-order valence-corrected chi connectivity index (χ4v) is 1.72. The van der Waals surface area contributed by atoms with Gasteiger partial charge < -0.3 is 5.32 Å². The summed E-state index contributed by atoms with van der Waals surface area (Å²) >= 11 is 0. The highest BCUT2D eigenvalue weighted by Gasteiger charge is 2.18. The predicted molar refractivity (Wildman–Crippen MR) is 66.8 cm³/mol. The lowest BCUT2D eigenvalue weighted by atomic mass is 10.0. The van der Waals surface area contributed by atoms with E-state index < -0.39 is 0 Å². The molecule has 5 heteroatoms. The van der Waals surface area contributed by atoms with Crippen LogP contribution in [-0.2, 0) is 6.42 Å². The molecular weight excluding hydrogens is 216 g/mol. The van der Waals surface area contributed by atoms with Crippen LogP contribution in [0.1, 0.15) is 57.0 Å². The van der Waals surface area contributed by atoms with Gasteiger partial charge in [0.1, 0.15) is 5.82 Å². The molecule has 96 valence electrons. The van der Waals surface area contributed by atoms with Crippen LogP contribution in [0.15, 0.2) is 0 Å². The Labute approximate surface area is 102 Å². The quantitative estimate of drug-likeness (QED) is 0.795. The van der Waals surface area contributed by atoms with E-state index >= 15 is 0 Å². The number of hydrogen-bond acceptors (Lipinski definition) is 3. The van der Waals surface area contributed by atoms with Gasteiger partial charge in [0.05, 0.1) is 0 Å². The second-order valence-electron chi connectivity index (χ2n) is 4.59. The highest BCUT2D eigenvalue weighted by atomic mass is 16.2. The van der Waals surface area contributed by atoms with Gasteiger partial charge in [-0.15, -0.1) is 5.10 Å². The summed E-state index contributed by atoms with van der Waals surface area (Å²) in [5, 5.41) is 9.67. The molecule has 1 aromatic rings. The van der Waals surface area contributed by atoms with Gasteiger partial charge in [-0.3, -0.25) is 9.89 Å². The van der Waals surface area contributed by atoms with Crippen LogP contribution in [-0.4, -0.2) is 27.1 Å². The average Bonchev–Trinajstić information content (AvgIpc) is 2.74. The summed E-state index contributed by atoms with van der Waals surface area (Å²) in [6.45, 7) is 8.31. The maximum absolute atomic E-state index is 11.9. The fraction of sp³-hybridized carbons (Fsp3) is 0.750. The van der Waals surface area contributed by atoms with E-state index in [1.54, 1.807) is 0 Å². The van der Waals surface area contributed by atoms with E-state index in [-0.39, 0.29) is 17.8 Å². The van der Waals surface area contributed by atoms with E-state index in [1.807, 2.05) is 0 Å². The van der Waals surface area contributed by atoms with E-state index in [0.29, 0.717) is 5.92 Å². The molecule has 1 unspecified atom stereocenters. The van der Waals surface area contributed by atoms with Crippen molar-refractivity contribution >= 4 is 5.91 Å². The van der Waals surface area contributed by atoms with E-state index in [9.17, 15) is 4.79 Å². The lowest BCUT2D eigenvalue weighted by Gasteiger charge is -2.19. The summed E-state index contributed by atoms with van der Waals surface area (Å²) in [4.78, 5) is 16.0. The van der Waals surface area contributed by atoms with Gasteiger partial charge in [-0.1, -0.05) is 27.7 Å². The first-order valence-corrected chi connectivity index (χ1v) is 6.30. The number of rotatable bonds is 6. The van der Waals surface area contributed by atoms with E-state index in [2.05, 4.69) is 48.2 Å². The van der Waals surface area contributed by atoms with Crippen molar-refractivity contribution in [3.63, 3.8) is 0 Å². The smallest absolute Gasteiger partial charge is 0.291 e. The monoisotopic (exact) mass is 238 g/mol. The number of hydrogen-bond donors (Lipinski definition) is 2. The van der Waals surface area contributed by atoms with Crippen molar-refractivity contribution in [1.29, 1.82) is 0 Å². The molecule has 1 heterocycles. The van der Waals surface area contributed by atoms with Crippen LogP contribution in [0.3, 0.4) is 0 Å². The summed E-state index contributed by atoms with van der Waals surface area (Å²) in [5.41, 5.74) is 0. The Kier molecular flexibility index (Phi) is 5.12. The molecule has 0 saturated carbocycles. The van der Waals surface area contributed by atoms with Crippen molar-refractivity contribution in [2.75, 3.05) is 0 Å². The zero-order valence-corrected chi connectivity index (χ0v) is 11.1. The minimum absolute atomic E-state index is 0.177. The lowest BCUT2D eigenvalue weighted by molar-refractivity contribution is 0.0914. The summed E-state index contributed by atoms with van der Waals surface area (Å²) in [6.07, 6.45) is 2.72. The zero-order chi connectivity index (χ0) is 12.8. The number of H-pyrrole nitrogens is 1. The van der Waals surface area contributed by atoms with Crippen LogP contribution in [0, 0.1) is 5.92 Å². The van der Waals surface area contributed by atoms with Crippen LogP contribution < -0.4 is 5.32 Å². The molecule has 0 aromatic carbocycles. The molecule has 17 heavy (non-hydrogen) atoms. The van der Waals surface area contributed by atoms with Gasteiger partial charge in [-0.2, -0.15) is 0 Å². The third-order valence-electron chi connectivity index (χ3n) is 2.78. The van der Waals surface area contributed by atoms with Gasteiger partial charge in [-0.05, 0) is 18.8 Å². The number of aromatic amines is 1. The van der Waals surface area contributed by atoms with Crippen molar-refractivity contribution in [3.8, 4) is 0 Å². The first-order chi connectivity index (χ1) is 8.08. The molecule has 1 atom stereocenters. The molecule has 0 aliphatic rings. The largest absolute Gasteiger partial charge is 0.346 e. The molecule has 2 N–H and O–H groups in total. The average molecular weight is 238 g/mol. The molecule has 0 bridgehead atoms. The van der Waals surface area contributed by atoms with Crippen molar-refractivity contribution in [1.82, 2.24) is 20.5 Å². The van der Waals surface area contributed by atoms with Crippen LogP contribution in [0.2, 0.25) is 0 Å². The van der Waals surface area contributed by atoms with Gasteiger partial charge >= 0.3 is 0 Å². The van der Waals surface area contributed by atoms with Crippen molar-refractivity contribution in [2.24, 2.45) is 5.92 Å². The van der Waals surface area contributed by atoms with Crippen molar-refractivity contribution < 1.29 is 4.79 Å². The highest BCUT2D eigenvalue weighted by Crippen LogP contribution is 2.06. The van der Waals surface area contributed by atoms with Crippen molar-refractivity contribution in [3.05, 3.63) is 11.6 Å². The molecule has 5 nitrogen and oxygen atoms in total. The summed E-state index contributed by atoms with van der Waals surface area (Å²) in [5.74, 6) is 1.24. The van der Waals surface area contributed by atoms with Crippen LogP contribution in [0.4, 0.5) is 0 Å². The Balaban J connectivity index is 2.62. The standard InChI is InChI=1S/C12H22N4O/c1-5-7-10-14-11(16-15-10)12(17)13-9(6-2)8(3)4/h8-9H,5-7H2,1-4H3,(H,13,17)(H,14,15,16). The fourth-order valence-electron chi connectivity index (χ4n) is 1.72. The minimum Gasteiger partial charge on any atom is -0.346 e. The second-order valence-corrected chi connectivity index (χ2v) is 4.59. The number of nitrogens with zero attached hydrogens (tertiary/aromatic N) is 2. The van der Waals surface area contributed by atoms with Gasteiger partial charge in [0, 0.05) is 12.5 Å². The summed E-state index contributed by atoms with van der Waals surface area (Å²) < 4.78 is 0. The van der Waals surface area contributed by atoms with Crippen molar-refractivity contribution in [2.45, 2.75) is 53.0 Å². The molecule has 0 fully saturated rings. The highest BCUT2D eigenvalue weighted by molar-refractivity contribution is 5.90. The maximum atomic E-state index is 11.9. The normalized spacial score (nSPS) is 12.8. The molecular formula is C12H22N4O. The predicted octanol–water partition coefficient (Wildman–Crippen LogP) is 1.92. The second kappa shape index (κ2) is 6.37. The molecule has 0 aliphatic carbocycles. The molecule has 0 spiro atoms. The number of amides is 1. The lowest BCUT2D eigenvalue weighted by Crippen LogP contribution is -2.38. The molecule has 1 rings (SSSR count). The van der Waals surface area contributed by atoms with Crippen LogP contribution >= 0.6 is 0 Å². The molecule has 1 amide bonds. The molecule has 0 radical (unpaired) electrons. The SMILES string of the molecule is CCCc1nc(C(=O)NC(CC)C(C)C)n[nH]1. The van der Waals surface area contributed by atoms with E-state index in [0.717, 1.165) is 25.1 Å². The topological polar surface area (TPSA) is 70.7 Å². The van der Waals surface area contributed by atoms with Gasteiger partial charge in [0.25, 0.3) is 5.91 Å². The third-order valence-corrected chi connectivity index (χ3v) is 2.78. The van der Waals surface area contributed by atoms with Crippen LogP contribution in [0.25, 0.3) is 0 Å². The minimum atomic E-state index is -0.191. The Morgan fingerprint density at radius 1 is 1.41 bits per heavy atom. The first-order valence-electron chi connectivity index (χ1n) is 6.30.